The number of aryl methyl sites for hydroxylation is 1. The third-order valence-corrected chi connectivity index (χ3v) is 4.37. The number of nitrogens with two attached hydrogens (primary N) is 1. The average Bonchev–Trinajstić information content (AvgIpc) is 2.98. The molecule has 3 rings (SSSR count). The van der Waals surface area contributed by atoms with E-state index in [0.29, 0.717) is 16.7 Å². The van der Waals surface area contributed by atoms with E-state index in [0.717, 1.165) is 17.1 Å². The summed E-state index contributed by atoms with van der Waals surface area (Å²) in [5.74, 6) is 2.24. The Kier molecular flexibility index (Phi) is 3.03. The lowest BCUT2D eigenvalue weighted by molar-refractivity contribution is 0.429. The van der Waals surface area contributed by atoms with Gasteiger partial charge in [0.2, 0.25) is 0 Å². The molecule has 0 saturated heterocycles. The van der Waals surface area contributed by atoms with Crippen molar-refractivity contribution in [1.82, 2.24) is 19.6 Å². The van der Waals surface area contributed by atoms with Crippen LogP contribution in [-0.2, 0) is 0 Å². The van der Waals surface area contributed by atoms with Crippen molar-refractivity contribution in [2.45, 2.75) is 44.9 Å². The first-order chi connectivity index (χ1) is 8.75. The first kappa shape index (κ1) is 11.6. The van der Waals surface area contributed by atoms with Gasteiger partial charge in [0.05, 0.1) is 11.3 Å². The van der Waals surface area contributed by atoms with E-state index >= 15 is 0 Å². The third-order valence-electron chi connectivity index (χ3n) is 3.61. The topological polar surface area (TPSA) is 80.5 Å². The van der Waals surface area contributed by atoms with Gasteiger partial charge in [-0.25, -0.2) is 4.98 Å². The summed E-state index contributed by atoms with van der Waals surface area (Å²) in [5.41, 5.74) is 7.72. The van der Waals surface area contributed by atoms with E-state index in [1.807, 2.05) is 6.92 Å². The molecule has 1 saturated carbocycles. The molecule has 96 valence electrons. The van der Waals surface area contributed by atoms with Crippen molar-refractivity contribution in [2.24, 2.45) is 0 Å². The van der Waals surface area contributed by atoms with E-state index in [9.17, 15) is 0 Å². The fourth-order valence-electron chi connectivity index (χ4n) is 2.60. The van der Waals surface area contributed by atoms with Gasteiger partial charge in [0.1, 0.15) is 10.8 Å². The van der Waals surface area contributed by atoms with Gasteiger partial charge in [-0.05, 0) is 31.3 Å². The lowest BCUT2D eigenvalue weighted by Crippen LogP contribution is -2.06. The Hall–Kier alpha value is -1.43. The molecule has 0 radical (unpaired) electrons. The van der Waals surface area contributed by atoms with Crippen LogP contribution in [0.1, 0.15) is 49.5 Å². The third kappa shape index (κ3) is 2.01. The molecule has 0 atom stereocenters. The zero-order valence-corrected chi connectivity index (χ0v) is 11.3. The highest BCUT2D eigenvalue weighted by atomic mass is 32.1. The molecule has 2 heterocycles. The van der Waals surface area contributed by atoms with Crippen molar-refractivity contribution >= 4 is 16.5 Å². The van der Waals surface area contributed by atoms with Crippen molar-refractivity contribution in [3.63, 3.8) is 0 Å². The van der Waals surface area contributed by atoms with Crippen LogP contribution in [0.15, 0.2) is 0 Å². The highest BCUT2D eigenvalue weighted by Gasteiger charge is 2.21. The van der Waals surface area contributed by atoms with Crippen LogP contribution in [0.2, 0.25) is 0 Å². The lowest BCUT2D eigenvalue weighted by Gasteiger charge is -2.18. The second-order valence-corrected chi connectivity index (χ2v) is 5.69. The van der Waals surface area contributed by atoms with Crippen LogP contribution in [-0.4, -0.2) is 19.6 Å². The predicted molar refractivity (Wildman–Crippen MR) is 72.5 cm³/mol. The van der Waals surface area contributed by atoms with E-state index in [1.54, 1.807) is 0 Å². The molecule has 0 aromatic carbocycles. The fourth-order valence-corrected chi connectivity index (χ4v) is 3.26. The molecular weight excluding hydrogens is 246 g/mol. The number of hydrogen-bond donors (Lipinski definition) is 2. The number of hydrogen-bond acceptors (Lipinski definition) is 5. The van der Waals surface area contributed by atoms with Crippen molar-refractivity contribution in [3.8, 4) is 11.4 Å². The number of rotatable bonds is 2. The zero-order chi connectivity index (χ0) is 12.5. The number of nitrogen functional groups attached to an aromatic ring is 1. The summed E-state index contributed by atoms with van der Waals surface area (Å²) in [6, 6.07) is 0. The van der Waals surface area contributed by atoms with Crippen LogP contribution >= 0.6 is 11.5 Å². The molecule has 0 spiro atoms. The minimum absolute atomic E-state index is 0.535. The molecule has 1 fully saturated rings. The minimum Gasteiger partial charge on any atom is -0.389 e. The molecular formula is C12H17N5S. The molecule has 0 amide bonds. The van der Waals surface area contributed by atoms with Crippen LogP contribution in [0.25, 0.3) is 11.4 Å². The molecule has 18 heavy (non-hydrogen) atoms. The second-order valence-electron chi connectivity index (χ2n) is 4.89. The Labute approximate surface area is 110 Å². The normalized spacial score (nSPS) is 17.2. The van der Waals surface area contributed by atoms with Crippen LogP contribution in [0, 0.1) is 6.92 Å². The van der Waals surface area contributed by atoms with E-state index < -0.39 is 0 Å². The average molecular weight is 263 g/mol. The maximum atomic E-state index is 5.92. The summed E-state index contributed by atoms with van der Waals surface area (Å²) in [7, 11) is 0. The van der Waals surface area contributed by atoms with Gasteiger partial charge < -0.3 is 5.73 Å². The van der Waals surface area contributed by atoms with Crippen molar-refractivity contribution in [2.75, 3.05) is 5.73 Å². The van der Waals surface area contributed by atoms with E-state index in [4.69, 9.17) is 5.73 Å². The Morgan fingerprint density at radius 1 is 1.28 bits per heavy atom. The number of nitrogens with zero attached hydrogens (tertiary/aromatic N) is 3. The molecule has 0 aliphatic heterocycles. The molecule has 2 aromatic rings. The van der Waals surface area contributed by atoms with Gasteiger partial charge in [0, 0.05) is 5.92 Å². The summed E-state index contributed by atoms with van der Waals surface area (Å²) in [4.78, 5) is 4.62. The largest absolute Gasteiger partial charge is 0.389 e. The van der Waals surface area contributed by atoms with E-state index in [1.165, 1.54) is 43.6 Å². The van der Waals surface area contributed by atoms with E-state index in [-0.39, 0.29) is 0 Å². The standard InChI is InChI=1S/C12H17N5S/c1-7-9(10(13)18-17-7)12-14-11(15-16-12)8-5-3-2-4-6-8/h8H,2-6,13H2,1H3,(H,14,15,16). The molecule has 6 heteroatoms. The van der Waals surface area contributed by atoms with Gasteiger partial charge in [0.15, 0.2) is 5.82 Å². The molecule has 5 nitrogen and oxygen atoms in total. The summed E-state index contributed by atoms with van der Waals surface area (Å²) >= 11 is 1.30. The SMILES string of the molecule is Cc1nsc(N)c1-c1n[nH]c(C2CCCCC2)n1. The van der Waals surface area contributed by atoms with Gasteiger partial charge in [-0.2, -0.15) is 9.47 Å². The van der Waals surface area contributed by atoms with Gasteiger partial charge in [-0.1, -0.05) is 19.3 Å². The number of anilines is 1. The summed E-state index contributed by atoms with van der Waals surface area (Å²) < 4.78 is 4.24. The highest BCUT2D eigenvalue weighted by molar-refractivity contribution is 7.10. The minimum atomic E-state index is 0.535. The molecule has 0 bridgehead atoms. The number of nitrogens with one attached hydrogen (secondary N) is 1. The lowest BCUT2D eigenvalue weighted by atomic mass is 9.89. The smallest absolute Gasteiger partial charge is 0.186 e. The van der Waals surface area contributed by atoms with Gasteiger partial charge in [0.25, 0.3) is 0 Å². The van der Waals surface area contributed by atoms with Crippen LogP contribution in [0.4, 0.5) is 5.00 Å². The highest BCUT2D eigenvalue weighted by Crippen LogP contribution is 2.33. The van der Waals surface area contributed by atoms with Crippen molar-refractivity contribution in [3.05, 3.63) is 11.5 Å². The maximum Gasteiger partial charge on any atom is 0.186 e. The Bertz CT molecular complexity index is 519. The molecule has 1 aliphatic rings. The van der Waals surface area contributed by atoms with Crippen molar-refractivity contribution < 1.29 is 0 Å². The quantitative estimate of drug-likeness (QED) is 0.873. The fraction of sp³-hybridized carbons (Fsp3) is 0.583. The predicted octanol–water partition coefficient (Wildman–Crippen LogP) is 2.87. The van der Waals surface area contributed by atoms with Crippen molar-refractivity contribution in [1.29, 1.82) is 0 Å². The van der Waals surface area contributed by atoms with Gasteiger partial charge in [-0.3, -0.25) is 5.10 Å². The summed E-state index contributed by atoms with van der Waals surface area (Å²) in [5, 5.41) is 8.08. The first-order valence-electron chi connectivity index (χ1n) is 6.40. The molecule has 0 unspecified atom stereocenters. The number of aromatic nitrogens is 4. The van der Waals surface area contributed by atoms with Crippen LogP contribution in [0.5, 0.6) is 0 Å². The Morgan fingerprint density at radius 3 is 2.72 bits per heavy atom. The summed E-state index contributed by atoms with van der Waals surface area (Å²) in [6.07, 6.45) is 6.36. The Morgan fingerprint density at radius 2 is 2.06 bits per heavy atom. The molecule has 2 aromatic heterocycles. The summed E-state index contributed by atoms with van der Waals surface area (Å²) in [6.45, 7) is 1.94. The van der Waals surface area contributed by atoms with Gasteiger partial charge in [-0.15, -0.1) is 0 Å². The zero-order valence-electron chi connectivity index (χ0n) is 10.4. The second kappa shape index (κ2) is 4.68. The molecule has 3 N–H and O–H groups in total. The Balaban J connectivity index is 1.89. The van der Waals surface area contributed by atoms with Crippen LogP contribution < -0.4 is 5.73 Å². The monoisotopic (exact) mass is 263 g/mol. The van der Waals surface area contributed by atoms with Crippen LogP contribution in [0.3, 0.4) is 0 Å². The van der Waals surface area contributed by atoms with E-state index in [2.05, 4.69) is 19.6 Å². The van der Waals surface area contributed by atoms with Gasteiger partial charge >= 0.3 is 0 Å². The number of aromatic amines is 1. The number of H-pyrrole nitrogens is 1. The first-order valence-corrected chi connectivity index (χ1v) is 7.17. The molecule has 1 aliphatic carbocycles. The maximum absolute atomic E-state index is 5.92.